The van der Waals surface area contributed by atoms with E-state index in [1.54, 1.807) is 0 Å². The summed E-state index contributed by atoms with van der Waals surface area (Å²) in [4.78, 5) is 11.3. The van der Waals surface area contributed by atoms with Crippen LogP contribution in [0.5, 0.6) is 0 Å². The molecule has 0 bridgehead atoms. The van der Waals surface area contributed by atoms with Gasteiger partial charge in [0.15, 0.2) is 0 Å². The van der Waals surface area contributed by atoms with Crippen LogP contribution in [-0.4, -0.2) is 23.1 Å². The second-order valence-electron chi connectivity index (χ2n) is 6.42. The Bertz CT molecular complexity index is 435. The first-order valence-electron chi connectivity index (χ1n) is 7.04. The van der Waals surface area contributed by atoms with Crippen LogP contribution in [0, 0.1) is 12.3 Å². The van der Waals surface area contributed by atoms with Crippen LogP contribution in [0.1, 0.15) is 50.8 Å². The maximum atomic E-state index is 5.85. The topological polar surface area (TPSA) is 29.0 Å². The van der Waals surface area contributed by atoms with Crippen LogP contribution in [0.2, 0.25) is 0 Å². The van der Waals surface area contributed by atoms with Gasteiger partial charge in [0.25, 0.3) is 0 Å². The number of hydrogen-bond acceptors (Lipinski definition) is 3. The fourth-order valence-electron chi connectivity index (χ4n) is 2.72. The minimum absolute atomic E-state index is 0.480. The number of anilines is 1. The monoisotopic (exact) mass is 281 g/mol. The van der Waals surface area contributed by atoms with Crippen molar-refractivity contribution in [2.24, 2.45) is 5.41 Å². The molecule has 0 radical (unpaired) electrons. The van der Waals surface area contributed by atoms with E-state index in [9.17, 15) is 0 Å². The first kappa shape index (κ1) is 14.6. The Morgan fingerprint density at radius 1 is 1.37 bits per heavy atom. The molecule has 3 nitrogen and oxygen atoms in total. The Balaban J connectivity index is 2.08. The predicted molar refractivity (Wildman–Crippen MR) is 80.8 cm³/mol. The van der Waals surface area contributed by atoms with Crippen LogP contribution in [0.4, 0.5) is 5.95 Å². The molecule has 106 valence electrons. The van der Waals surface area contributed by atoms with E-state index in [1.807, 2.05) is 13.1 Å². The number of halogens is 1. The molecule has 1 heterocycles. The predicted octanol–water partition coefficient (Wildman–Crippen LogP) is 3.93. The molecule has 0 saturated heterocycles. The standard InChI is InChI=1S/C15H24ClN3/c1-11-12(9-16)10-17-14(18-11)19(4)13-5-7-15(2,3)8-6-13/h10,13H,5-9H2,1-4H3. The van der Waals surface area contributed by atoms with Gasteiger partial charge in [-0.3, -0.25) is 0 Å². The van der Waals surface area contributed by atoms with E-state index < -0.39 is 0 Å². The molecule has 0 aliphatic heterocycles. The van der Waals surface area contributed by atoms with Crippen LogP contribution >= 0.6 is 11.6 Å². The zero-order chi connectivity index (χ0) is 14.0. The average Bonchev–Trinajstić information content (AvgIpc) is 2.38. The van der Waals surface area contributed by atoms with Crippen molar-refractivity contribution < 1.29 is 0 Å². The Morgan fingerprint density at radius 3 is 2.53 bits per heavy atom. The van der Waals surface area contributed by atoms with Gasteiger partial charge in [-0.05, 0) is 38.0 Å². The van der Waals surface area contributed by atoms with Gasteiger partial charge in [-0.15, -0.1) is 11.6 Å². The van der Waals surface area contributed by atoms with Crippen molar-refractivity contribution in [3.8, 4) is 0 Å². The molecule has 19 heavy (non-hydrogen) atoms. The minimum Gasteiger partial charge on any atom is -0.341 e. The molecule has 1 aliphatic rings. The highest BCUT2D eigenvalue weighted by Crippen LogP contribution is 2.37. The summed E-state index contributed by atoms with van der Waals surface area (Å²) in [5, 5.41) is 0. The highest BCUT2D eigenvalue weighted by Gasteiger charge is 2.29. The molecule has 4 heteroatoms. The first-order valence-corrected chi connectivity index (χ1v) is 7.58. The second kappa shape index (κ2) is 5.66. The van der Waals surface area contributed by atoms with Crippen LogP contribution < -0.4 is 4.90 Å². The van der Waals surface area contributed by atoms with Crippen molar-refractivity contribution in [1.29, 1.82) is 0 Å². The van der Waals surface area contributed by atoms with Gasteiger partial charge in [0.2, 0.25) is 5.95 Å². The third-order valence-electron chi connectivity index (χ3n) is 4.38. The molecule has 1 saturated carbocycles. The molecular weight excluding hydrogens is 258 g/mol. The van der Waals surface area contributed by atoms with Crippen molar-refractivity contribution >= 4 is 17.5 Å². The van der Waals surface area contributed by atoms with Crippen LogP contribution in [0.25, 0.3) is 0 Å². The van der Waals surface area contributed by atoms with E-state index in [0.29, 0.717) is 17.3 Å². The Hall–Kier alpha value is -0.830. The summed E-state index contributed by atoms with van der Waals surface area (Å²) in [6.07, 6.45) is 6.86. The van der Waals surface area contributed by atoms with Crippen molar-refractivity contribution in [2.75, 3.05) is 11.9 Å². The fraction of sp³-hybridized carbons (Fsp3) is 0.733. The lowest BCUT2D eigenvalue weighted by Crippen LogP contribution is -2.38. The highest BCUT2D eigenvalue weighted by molar-refractivity contribution is 6.17. The van der Waals surface area contributed by atoms with E-state index in [4.69, 9.17) is 11.6 Å². The van der Waals surface area contributed by atoms with E-state index in [2.05, 4.69) is 35.8 Å². The number of alkyl halides is 1. The highest BCUT2D eigenvalue weighted by atomic mass is 35.5. The summed E-state index contributed by atoms with van der Waals surface area (Å²) in [5.74, 6) is 1.31. The van der Waals surface area contributed by atoms with E-state index in [-0.39, 0.29) is 0 Å². The first-order chi connectivity index (χ1) is 8.93. The quantitative estimate of drug-likeness (QED) is 0.786. The Morgan fingerprint density at radius 2 is 2.00 bits per heavy atom. The molecule has 0 aromatic carbocycles. The number of aryl methyl sites for hydroxylation is 1. The smallest absolute Gasteiger partial charge is 0.225 e. The SMILES string of the molecule is Cc1nc(N(C)C2CCC(C)(C)CC2)ncc1CCl. The van der Waals surface area contributed by atoms with Crippen LogP contribution in [0.3, 0.4) is 0 Å². The van der Waals surface area contributed by atoms with Gasteiger partial charge < -0.3 is 4.90 Å². The normalized spacial score (nSPS) is 19.4. The van der Waals surface area contributed by atoms with E-state index in [0.717, 1.165) is 17.2 Å². The molecule has 0 atom stereocenters. The van der Waals surface area contributed by atoms with Crippen molar-refractivity contribution in [3.05, 3.63) is 17.5 Å². The van der Waals surface area contributed by atoms with Gasteiger partial charge in [-0.1, -0.05) is 13.8 Å². The molecule has 1 aromatic heterocycles. The molecule has 0 spiro atoms. The second-order valence-corrected chi connectivity index (χ2v) is 6.69. The van der Waals surface area contributed by atoms with Gasteiger partial charge >= 0.3 is 0 Å². The number of aromatic nitrogens is 2. The third kappa shape index (κ3) is 3.38. The summed E-state index contributed by atoms with van der Waals surface area (Å²) < 4.78 is 0. The molecule has 2 rings (SSSR count). The zero-order valence-electron chi connectivity index (χ0n) is 12.4. The third-order valence-corrected chi connectivity index (χ3v) is 4.67. The summed E-state index contributed by atoms with van der Waals surface area (Å²) >= 11 is 5.85. The largest absolute Gasteiger partial charge is 0.341 e. The molecular formula is C15H24ClN3. The lowest BCUT2D eigenvalue weighted by molar-refractivity contribution is 0.222. The average molecular weight is 282 g/mol. The van der Waals surface area contributed by atoms with Gasteiger partial charge in [-0.2, -0.15) is 0 Å². The maximum Gasteiger partial charge on any atom is 0.225 e. The summed E-state index contributed by atoms with van der Waals surface area (Å²) in [5.41, 5.74) is 2.50. The van der Waals surface area contributed by atoms with Crippen LogP contribution in [-0.2, 0) is 5.88 Å². The molecule has 0 N–H and O–H groups in total. The van der Waals surface area contributed by atoms with E-state index in [1.165, 1.54) is 25.7 Å². The Kier molecular flexibility index (Phi) is 4.34. The maximum absolute atomic E-state index is 5.85. The fourth-order valence-corrected chi connectivity index (χ4v) is 2.98. The molecule has 1 aliphatic carbocycles. The van der Waals surface area contributed by atoms with Crippen LogP contribution in [0.15, 0.2) is 6.20 Å². The summed E-state index contributed by atoms with van der Waals surface area (Å²) in [6, 6.07) is 0.564. The van der Waals surface area contributed by atoms with Crippen molar-refractivity contribution in [2.45, 2.75) is 58.4 Å². The lowest BCUT2D eigenvalue weighted by Gasteiger charge is -2.38. The van der Waals surface area contributed by atoms with Crippen molar-refractivity contribution in [3.63, 3.8) is 0 Å². The minimum atomic E-state index is 0.480. The molecule has 0 unspecified atom stereocenters. The Labute approximate surface area is 121 Å². The van der Waals surface area contributed by atoms with Gasteiger partial charge in [0.05, 0.1) is 5.88 Å². The number of nitrogens with zero attached hydrogens (tertiary/aromatic N) is 3. The lowest BCUT2D eigenvalue weighted by atomic mass is 9.75. The summed E-state index contributed by atoms with van der Waals surface area (Å²) in [7, 11) is 2.11. The molecule has 1 aromatic rings. The molecule has 0 amide bonds. The number of rotatable bonds is 3. The van der Waals surface area contributed by atoms with Gasteiger partial charge in [0, 0.05) is 30.5 Å². The van der Waals surface area contributed by atoms with Gasteiger partial charge in [0.1, 0.15) is 0 Å². The molecule has 1 fully saturated rings. The van der Waals surface area contributed by atoms with Gasteiger partial charge in [-0.25, -0.2) is 9.97 Å². The van der Waals surface area contributed by atoms with Crippen molar-refractivity contribution in [1.82, 2.24) is 9.97 Å². The van der Waals surface area contributed by atoms with E-state index >= 15 is 0 Å². The zero-order valence-corrected chi connectivity index (χ0v) is 13.2. The number of hydrogen-bond donors (Lipinski definition) is 0. The summed E-state index contributed by atoms with van der Waals surface area (Å²) in [6.45, 7) is 6.72.